The number of ketones is 1. The normalized spacial score (nSPS) is 10.9. The van der Waals surface area contributed by atoms with Crippen LogP contribution in [0.1, 0.15) is 31.1 Å². The topological polar surface area (TPSA) is 67.4 Å². The Morgan fingerprint density at radius 2 is 1.95 bits per heavy atom. The molecule has 0 saturated heterocycles. The highest BCUT2D eigenvalue weighted by molar-refractivity contribution is 5.99. The number of rotatable bonds is 4. The predicted octanol–water partition coefficient (Wildman–Crippen LogP) is 2.44. The van der Waals surface area contributed by atoms with E-state index in [1.54, 1.807) is 52.1 Å². The maximum absolute atomic E-state index is 11.7. The van der Waals surface area contributed by atoms with E-state index in [1.165, 1.54) is 0 Å². The summed E-state index contributed by atoms with van der Waals surface area (Å²) >= 11 is 0. The number of carbonyl (C=O) groups is 2. The zero-order chi connectivity index (χ0) is 14.5. The summed E-state index contributed by atoms with van der Waals surface area (Å²) in [6, 6.07) is 6.76. The summed E-state index contributed by atoms with van der Waals surface area (Å²) < 4.78 is 5.14. The molecule has 1 rings (SSSR count). The van der Waals surface area contributed by atoms with Crippen molar-refractivity contribution in [3.05, 3.63) is 29.8 Å². The molecule has 19 heavy (non-hydrogen) atoms. The molecule has 0 aliphatic heterocycles. The number of ether oxygens (including phenoxy) is 1. The van der Waals surface area contributed by atoms with Gasteiger partial charge in [-0.05, 0) is 40.0 Å². The van der Waals surface area contributed by atoms with Crippen molar-refractivity contribution in [3.63, 3.8) is 0 Å². The first-order valence-corrected chi connectivity index (χ1v) is 6.09. The quantitative estimate of drug-likeness (QED) is 0.820. The lowest BCUT2D eigenvalue weighted by atomic mass is 10.1. The fourth-order valence-electron chi connectivity index (χ4n) is 1.45. The number of nitrogens with one attached hydrogen (secondary N) is 2. The molecule has 0 atom stereocenters. The number of benzene rings is 1. The number of likely N-dealkylation sites (N-methyl/N-ethyl adjacent to an activating group) is 1. The van der Waals surface area contributed by atoms with Gasteiger partial charge in [-0.25, -0.2) is 4.79 Å². The summed E-state index contributed by atoms with van der Waals surface area (Å²) in [6.45, 7) is 5.63. The van der Waals surface area contributed by atoms with Crippen molar-refractivity contribution in [2.75, 3.05) is 18.9 Å². The molecular formula is C14H20N2O3. The SMILES string of the molecule is CNCC(=O)c1cccc(NC(=O)OC(C)(C)C)c1. The highest BCUT2D eigenvalue weighted by atomic mass is 16.6. The second-order valence-electron chi connectivity index (χ2n) is 5.16. The van der Waals surface area contributed by atoms with Gasteiger partial charge in [0, 0.05) is 11.3 Å². The summed E-state index contributed by atoms with van der Waals surface area (Å²) in [5.41, 5.74) is 0.531. The van der Waals surface area contributed by atoms with E-state index in [2.05, 4.69) is 10.6 Å². The van der Waals surface area contributed by atoms with Crippen molar-refractivity contribution in [1.29, 1.82) is 0 Å². The molecule has 0 fully saturated rings. The third-order valence-corrected chi connectivity index (χ3v) is 2.17. The van der Waals surface area contributed by atoms with Crippen LogP contribution in [0.3, 0.4) is 0 Å². The molecule has 104 valence electrons. The lowest BCUT2D eigenvalue weighted by Gasteiger charge is -2.19. The maximum Gasteiger partial charge on any atom is 0.412 e. The number of hydrogen-bond donors (Lipinski definition) is 2. The first kappa shape index (κ1) is 15.2. The fourth-order valence-corrected chi connectivity index (χ4v) is 1.45. The number of hydrogen-bond acceptors (Lipinski definition) is 4. The summed E-state index contributed by atoms with van der Waals surface area (Å²) in [5.74, 6) is -0.0321. The summed E-state index contributed by atoms with van der Waals surface area (Å²) in [7, 11) is 1.71. The van der Waals surface area contributed by atoms with Crippen LogP contribution in [0.4, 0.5) is 10.5 Å². The van der Waals surface area contributed by atoms with Crippen LogP contribution in [0, 0.1) is 0 Å². The van der Waals surface area contributed by atoms with E-state index >= 15 is 0 Å². The Bertz CT molecular complexity index is 464. The van der Waals surface area contributed by atoms with Crippen molar-refractivity contribution in [3.8, 4) is 0 Å². The van der Waals surface area contributed by atoms with Gasteiger partial charge >= 0.3 is 6.09 Å². The monoisotopic (exact) mass is 264 g/mol. The standard InChI is InChI=1S/C14H20N2O3/c1-14(2,3)19-13(18)16-11-7-5-6-10(8-11)12(17)9-15-4/h5-8,15H,9H2,1-4H3,(H,16,18). The van der Waals surface area contributed by atoms with Gasteiger partial charge in [0.1, 0.15) is 5.60 Å². The van der Waals surface area contributed by atoms with E-state index in [9.17, 15) is 9.59 Å². The summed E-state index contributed by atoms with van der Waals surface area (Å²) in [5, 5.41) is 5.40. The Labute approximate surface area is 113 Å². The smallest absolute Gasteiger partial charge is 0.412 e. The van der Waals surface area contributed by atoms with Crippen LogP contribution in [-0.2, 0) is 4.74 Å². The van der Waals surface area contributed by atoms with Crippen molar-refractivity contribution >= 4 is 17.6 Å². The first-order chi connectivity index (χ1) is 8.81. The molecule has 0 aliphatic rings. The Morgan fingerprint density at radius 3 is 2.53 bits per heavy atom. The number of Topliss-reactive ketones (excluding diaryl/α,β-unsaturated/α-hetero) is 1. The molecule has 0 spiro atoms. The average Bonchev–Trinajstić information content (AvgIpc) is 2.27. The lowest BCUT2D eigenvalue weighted by molar-refractivity contribution is 0.0635. The van der Waals surface area contributed by atoms with Gasteiger partial charge in [-0.15, -0.1) is 0 Å². The second-order valence-corrected chi connectivity index (χ2v) is 5.16. The van der Waals surface area contributed by atoms with E-state index in [-0.39, 0.29) is 12.3 Å². The van der Waals surface area contributed by atoms with Gasteiger partial charge in [0.15, 0.2) is 5.78 Å². The minimum Gasteiger partial charge on any atom is -0.444 e. The maximum atomic E-state index is 11.7. The molecule has 5 heteroatoms. The Morgan fingerprint density at radius 1 is 1.26 bits per heavy atom. The van der Waals surface area contributed by atoms with E-state index in [0.29, 0.717) is 11.3 Å². The van der Waals surface area contributed by atoms with Crippen molar-refractivity contribution < 1.29 is 14.3 Å². The number of anilines is 1. The molecule has 0 heterocycles. The van der Waals surface area contributed by atoms with Crippen LogP contribution in [0.5, 0.6) is 0 Å². The molecule has 2 N–H and O–H groups in total. The molecule has 1 aromatic rings. The molecule has 0 radical (unpaired) electrons. The van der Waals surface area contributed by atoms with Crippen molar-refractivity contribution in [1.82, 2.24) is 5.32 Å². The van der Waals surface area contributed by atoms with E-state index in [0.717, 1.165) is 0 Å². The Kier molecular flexibility index (Phi) is 5.06. The predicted molar refractivity (Wildman–Crippen MR) is 74.6 cm³/mol. The highest BCUT2D eigenvalue weighted by Gasteiger charge is 2.16. The molecule has 0 aromatic heterocycles. The van der Waals surface area contributed by atoms with E-state index < -0.39 is 11.7 Å². The lowest BCUT2D eigenvalue weighted by Crippen LogP contribution is -2.27. The Hall–Kier alpha value is -1.88. The minimum absolute atomic E-state index is 0.0321. The van der Waals surface area contributed by atoms with Crippen molar-refractivity contribution in [2.45, 2.75) is 26.4 Å². The molecule has 0 aliphatic carbocycles. The van der Waals surface area contributed by atoms with Gasteiger partial charge in [0.05, 0.1) is 6.54 Å². The highest BCUT2D eigenvalue weighted by Crippen LogP contribution is 2.13. The molecular weight excluding hydrogens is 244 g/mol. The minimum atomic E-state index is -0.552. The number of amides is 1. The molecule has 0 saturated carbocycles. The molecule has 0 unspecified atom stereocenters. The fraction of sp³-hybridized carbons (Fsp3) is 0.429. The molecule has 1 amide bonds. The van der Waals surface area contributed by atoms with E-state index in [1.807, 2.05) is 0 Å². The van der Waals surface area contributed by atoms with Crippen LogP contribution in [-0.4, -0.2) is 31.1 Å². The third-order valence-electron chi connectivity index (χ3n) is 2.17. The second kappa shape index (κ2) is 6.33. The summed E-state index contributed by atoms with van der Waals surface area (Å²) in [4.78, 5) is 23.3. The van der Waals surface area contributed by atoms with Crippen LogP contribution < -0.4 is 10.6 Å². The van der Waals surface area contributed by atoms with Gasteiger partial charge < -0.3 is 10.1 Å². The largest absolute Gasteiger partial charge is 0.444 e. The van der Waals surface area contributed by atoms with Gasteiger partial charge in [-0.2, -0.15) is 0 Å². The molecule has 0 bridgehead atoms. The third kappa shape index (κ3) is 5.52. The first-order valence-electron chi connectivity index (χ1n) is 6.09. The van der Waals surface area contributed by atoms with Crippen LogP contribution in [0.25, 0.3) is 0 Å². The van der Waals surface area contributed by atoms with Crippen LogP contribution in [0.2, 0.25) is 0 Å². The zero-order valence-corrected chi connectivity index (χ0v) is 11.7. The molecule has 5 nitrogen and oxygen atoms in total. The Balaban J connectivity index is 2.72. The zero-order valence-electron chi connectivity index (χ0n) is 11.7. The van der Waals surface area contributed by atoms with Gasteiger partial charge in [0.25, 0.3) is 0 Å². The van der Waals surface area contributed by atoms with Crippen molar-refractivity contribution in [2.24, 2.45) is 0 Å². The average molecular weight is 264 g/mol. The van der Waals surface area contributed by atoms with Crippen LogP contribution in [0.15, 0.2) is 24.3 Å². The summed E-state index contributed by atoms with van der Waals surface area (Å²) in [6.07, 6.45) is -0.536. The van der Waals surface area contributed by atoms with Gasteiger partial charge in [-0.1, -0.05) is 12.1 Å². The number of carbonyl (C=O) groups excluding carboxylic acids is 2. The van der Waals surface area contributed by atoms with Gasteiger partial charge in [-0.3, -0.25) is 10.1 Å². The van der Waals surface area contributed by atoms with E-state index in [4.69, 9.17) is 4.74 Å². The van der Waals surface area contributed by atoms with Gasteiger partial charge in [0.2, 0.25) is 0 Å². The molecule has 1 aromatic carbocycles. The van der Waals surface area contributed by atoms with Crippen LogP contribution >= 0.6 is 0 Å².